The van der Waals surface area contributed by atoms with Gasteiger partial charge in [-0.25, -0.2) is 19.3 Å². The molecule has 4 heterocycles. The Morgan fingerprint density at radius 1 is 1.12 bits per heavy atom. The number of likely N-dealkylation sites (N-methyl/N-ethyl adjacent to an activating group) is 1. The van der Waals surface area contributed by atoms with E-state index in [1.54, 1.807) is 10.8 Å². The molecule has 4 aromatic rings. The summed E-state index contributed by atoms with van der Waals surface area (Å²) in [6, 6.07) is 11.9. The second kappa shape index (κ2) is 9.57. The Balaban J connectivity index is 1.25. The summed E-state index contributed by atoms with van der Waals surface area (Å²) in [5.74, 6) is 0.767. The number of aliphatic hydroxyl groups is 1. The maximum absolute atomic E-state index is 13.4. The molecular weight excluding hydrogens is 504 g/mol. The standard InChI is InChI=1S/C30H34N8O2/c1-3-14-37-28(40)23-19-31-29(32-21-5-7-22(8-6-21)36-17-15-35(2)16-18-36)34-27(23)38(37)24-9-4-20-10-11-30(12-13-30)26(39)25(20)33-24/h3-9,19,26,39H,1,10-18H2,2H3,(H,31,32,34)/i26D. The Morgan fingerprint density at radius 2 is 1.90 bits per heavy atom. The van der Waals surface area contributed by atoms with Crippen LogP contribution >= 0.6 is 0 Å². The molecule has 0 bridgehead atoms. The van der Waals surface area contributed by atoms with Gasteiger partial charge in [-0.3, -0.25) is 4.79 Å². The zero-order valence-corrected chi connectivity index (χ0v) is 22.7. The third-order valence-corrected chi connectivity index (χ3v) is 8.60. The van der Waals surface area contributed by atoms with Crippen molar-refractivity contribution in [3.05, 3.63) is 76.9 Å². The highest BCUT2D eigenvalue weighted by atomic mass is 16.3. The average molecular weight is 540 g/mol. The van der Waals surface area contributed by atoms with Gasteiger partial charge in [0, 0.05) is 49.2 Å². The molecule has 7 rings (SSSR count). The molecule has 3 aliphatic rings. The first kappa shape index (κ1) is 23.8. The molecule has 10 nitrogen and oxygen atoms in total. The van der Waals surface area contributed by atoms with Gasteiger partial charge in [0.2, 0.25) is 5.95 Å². The van der Waals surface area contributed by atoms with Gasteiger partial charge in [-0.2, -0.15) is 4.98 Å². The number of hydrogen-bond acceptors (Lipinski definition) is 8. The summed E-state index contributed by atoms with van der Waals surface area (Å²) < 4.78 is 12.0. The van der Waals surface area contributed by atoms with Gasteiger partial charge >= 0.3 is 0 Å². The second-order valence-corrected chi connectivity index (χ2v) is 11.2. The Bertz CT molecular complexity index is 1700. The molecule has 2 fully saturated rings. The van der Waals surface area contributed by atoms with Crippen molar-refractivity contribution >= 4 is 28.4 Å². The molecule has 1 aliphatic heterocycles. The molecule has 0 amide bonds. The molecule has 1 unspecified atom stereocenters. The predicted octanol–water partition coefficient (Wildman–Crippen LogP) is 3.42. The summed E-state index contributed by atoms with van der Waals surface area (Å²) in [5, 5.41) is 14.9. The van der Waals surface area contributed by atoms with Crippen molar-refractivity contribution in [3.63, 3.8) is 0 Å². The minimum absolute atomic E-state index is 0.236. The van der Waals surface area contributed by atoms with E-state index >= 15 is 0 Å². The molecular formula is C30H34N8O2. The predicted molar refractivity (Wildman–Crippen MR) is 155 cm³/mol. The van der Waals surface area contributed by atoms with Crippen LogP contribution in [0.4, 0.5) is 17.3 Å². The number of hydrogen-bond donors (Lipinski definition) is 2. The first-order chi connectivity index (χ1) is 19.8. The summed E-state index contributed by atoms with van der Waals surface area (Å²) in [7, 11) is 2.15. The first-order valence-corrected chi connectivity index (χ1v) is 13.9. The molecule has 2 aliphatic carbocycles. The summed E-state index contributed by atoms with van der Waals surface area (Å²) in [6.45, 7) is 8.14. The Kier molecular flexibility index (Phi) is 5.70. The van der Waals surface area contributed by atoms with Crippen molar-refractivity contribution in [2.75, 3.05) is 43.4 Å². The van der Waals surface area contributed by atoms with E-state index in [2.05, 4.69) is 45.9 Å². The van der Waals surface area contributed by atoms with Crippen molar-refractivity contribution in [2.24, 2.45) is 5.41 Å². The third kappa shape index (κ3) is 4.18. The van der Waals surface area contributed by atoms with E-state index in [4.69, 9.17) is 11.3 Å². The highest BCUT2D eigenvalue weighted by Gasteiger charge is 2.52. The minimum Gasteiger partial charge on any atom is -0.386 e. The smallest absolute Gasteiger partial charge is 0.278 e. The fourth-order valence-electron chi connectivity index (χ4n) is 5.94. The molecule has 2 N–H and O–H groups in total. The van der Waals surface area contributed by atoms with Crippen LogP contribution in [0.5, 0.6) is 0 Å². The van der Waals surface area contributed by atoms with Gasteiger partial charge in [-0.05, 0) is 68.6 Å². The lowest BCUT2D eigenvalue weighted by Crippen LogP contribution is -2.44. The molecule has 1 aromatic carbocycles. The number of fused-ring (bicyclic) bond motifs is 2. The third-order valence-electron chi connectivity index (χ3n) is 8.60. The lowest BCUT2D eigenvalue weighted by Gasteiger charge is -2.34. The normalized spacial score (nSPS) is 22.2. The van der Waals surface area contributed by atoms with Crippen molar-refractivity contribution in [3.8, 4) is 5.82 Å². The average Bonchev–Trinajstić information content (AvgIpc) is 3.72. The Morgan fingerprint density at radius 3 is 2.62 bits per heavy atom. The van der Waals surface area contributed by atoms with Gasteiger partial charge in [0.1, 0.15) is 11.5 Å². The summed E-state index contributed by atoms with van der Waals surface area (Å²) in [5.41, 5.74) is 2.95. The van der Waals surface area contributed by atoms with E-state index in [1.807, 2.05) is 24.3 Å². The fraction of sp³-hybridized carbons (Fsp3) is 0.400. The van der Waals surface area contributed by atoms with Gasteiger partial charge in [0.05, 0.1) is 13.6 Å². The molecule has 1 saturated heterocycles. The molecule has 40 heavy (non-hydrogen) atoms. The van der Waals surface area contributed by atoms with Crippen LogP contribution in [0.1, 0.15) is 38.0 Å². The summed E-state index contributed by atoms with van der Waals surface area (Å²) in [6.07, 6.45) is 4.62. The topological polar surface area (TPSA) is 104 Å². The molecule has 10 heteroatoms. The van der Waals surface area contributed by atoms with Crippen molar-refractivity contribution in [1.82, 2.24) is 29.2 Å². The number of aryl methyl sites for hydroxylation is 1. The molecule has 3 aromatic heterocycles. The molecule has 1 spiro atoms. The van der Waals surface area contributed by atoms with Crippen molar-refractivity contribution in [2.45, 2.75) is 38.3 Å². The van der Waals surface area contributed by atoms with Crippen LogP contribution in [0.3, 0.4) is 0 Å². The zero-order chi connectivity index (χ0) is 28.4. The zero-order valence-electron chi connectivity index (χ0n) is 23.7. The first-order valence-electron chi connectivity index (χ1n) is 14.4. The van der Waals surface area contributed by atoms with Crippen LogP contribution in [0.2, 0.25) is 0 Å². The summed E-state index contributed by atoms with van der Waals surface area (Å²) in [4.78, 5) is 32.1. The van der Waals surface area contributed by atoms with Crippen LogP contribution < -0.4 is 15.8 Å². The number of pyridine rings is 1. The Hall–Kier alpha value is -4.02. The molecule has 0 radical (unpaired) electrons. The maximum Gasteiger partial charge on any atom is 0.278 e. The molecule has 1 saturated carbocycles. The lowest BCUT2D eigenvalue weighted by atomic mass is 9.82. The van der Waals surface area contributed by atoms with E-state index in [1.165, 1.54) is 16.6 Å². The highest BCUT2D eigenvalue weighted by Crippen LogP contribution is 2.60. The van der Waals surface area contributed by atoms with Gasteiger partial charge in [0.15, 0.2) is 11.5 Å². The van der Waals surface area contributed by atoms with Crippen LogP contribution in [-0.2, 0) is 13.0 Å². The number of rotatable bonds is 6. The number of nitrogens with zero attached hydrogens (tertiary/aromatic N) is 7. The fourth-order valence-corrected chi connectivity index (χ4v) is 5.94. The summed E-state index contributed by atoms with van der Waals surface area (Å²) >= 11 is 0. The second-order valence-electron chi connectivity index (χ2n) is 11.2. The van der Waals surface area contributed by atoms with E-state index in [0.29, 0.717) is 28.5 Å². The number of piperazine rings is 1. The number of nitrogens with one attached hydrogen (secondary N) is 1. The molecule has 1 atom stereocenters. The van der Waals surface area contributed by atoms with Crippen LogP contribution in [0.15, 0.2) is 60.0 Å². The monoisotopic (exact) mass is 539 g/mol. The highest BCUT2D eigenvalue weighted by molar-refractivity contribution is 5.77. The number of aromatic nitrogens is 5. The Labute approximate surface area is 234 Å². The SMILES string of the molecule is [2H]C1(O)c2nc(-n3c4nc(Nc5ccc(N6CCN(C)CC6)cc5)ncc4c(=O)n3CC=C)ccc2CCC12CC2. The van der Waals surface area contributed by atoms with E-state index in [-0.39, 0.29) is 12.1 Å². The minimum atomic E-state index is -1.76. The lowest BCUT2D eigenvalue weighted by molar-refractivity contribution is 0.0734. The molecule has 206 valence electrons. The van der Waals surface area contributed by atoms with Crippen molar-refractivity contribution in [1.29, 1.82) is 0 Å². The van der Waals surface area contributed by atoms with Gasteiger partial charge in [-0.15, -0.1) is 6.58 Å². The number of benzene rings is 1. The van der Waals surface area contributed by atoms with E-state index < -0.39 is 11.5 Å². The van der Waals surface area contributed by atoms with Gasteiger partial charge in [0.25, 0.3) is 5.56 Å². The largest absolute Gasteiger partial charge is 0.386 e. The van der Waals surface area contributed by atoms with Crippen molar-refractivity contribution < 1.29 is 6.48 Å². The van der Waals surface area contributed by atoms with E-state index in [0.717, 1.165) is 63.1 Å². The van der Waals surface area contributed by atoms with Crippen LogP contribution in [0, 0.1) is 5.41 Å². The number of allylic oxidation sites excluding steroid dienone is 1. The number of anilines is 3. The van der Waals surface area contributed by atoms with Crippen LogP contribution in [0.25, 0.3) is 16.9 Å². The van der Waals surface area contributed by atoms with Crippen LogP contribution in [-0.4, -0.2) is 67.5 Å². The van der Waals surface area contributed by atoms with E-state index in [9.17, 15) is 9.90 Å². The maximum atomic E-state index is 13.4. The quantitative estimate of drug-likeness (QED) is 0.359. The van der Waals surface area contributed by atoms with Gasteiger partial charge in [-0.1, -0.05) is 12.1 Å². The van der Waals surface area contributed by atoms with Gasteiger partial charge < -0.3 is 20.2 Å².